The lowest BCUT2D eigenvalue weighted by molar-refractivity contribution is -0.133. The van der Waals surface area contributed by atoms with Crippen molar-refractivity contribution in [1.82, 2.24) is 0 Å². The molecule has 0 aromatic heterocycles. The maximum atomic E-state index is 10.1. The molecule has 0 aliphatic carbocycles. The normalized spacial score (nSPS) is 11.3. The lowest BCUT2D eigenvalue weighted by Gasteiger charge is -2.14. The van der Waals surface area contributed by atoms with E-state index in [4.69, 9.17) is 14.6 Å². The number of hydrogen-bond donors (Lipinski definition) is 1. The molecular weight excluding hydrogens is 172 g/mol. The first-order chi connectivity index (χ1) is 6.20. The smallest absolute Gasteiger partial charge is 0.327 e. The SMILES string of the molecule is CCOC(CC=CC(=O)O)OCC. The van der Waals surface area contributed by atoms with Gasteiger partial charge in [0.2, 0.25) is 0 Å². The molecule has 0 atom stereocenters. The second-order valence-electron chi connectivity index (χ2n) is 2.32. The summed E-state index contributed by atoms with van der Waals surface area (Å²) in [6, 6.07) is 0. The zero-order valence-corrected chi connectivity index (χ0v) is 8.03. The Labute approximate surface area is 78.2 Å². The minimum absolute atomic E-state index is 0.328. The van der Waals surface area contributed by atoms with Crippen LogP contribution in [-0.4, -0.2) is 30.6 Å². The van der Waals surface area contributed by atoms with E-state index < -0.39 is 5.97 Å². The Hall–Kier alpha value is -0.870. The van der Waals surface area contributed by atoms with Gasteiger partial charge in [-0.05, 0) is 13.8 Å². The molecule has 0 aliphatic heterocycles. The Morgan fingerprint density at radius 2 is 1.92 bits per heavy atom. The molecule has 0 amide bonds. The van der Waals surface area contributed by atoms with Gasteiger partial charge in [-0.25, -0.2) is 4.79 Å². The van der Waals surface area contributed by atoms with Gasteiger partial charge in [-0.1, -0.05) is 6.08 Å². The van der Waals surface area contributed by atoms with Gasteiger partial charge in [-0.2, -0.15) is 0 Å². The van der Waals surface area contributed by atoms with Crippen LogP contribution in [0.15, 0.2) is 12.2 Å². The topological polar surface area (TPSA) is 55.8 Å². The molecule has 0 saturated carbocycles. The maximum Gasteiger partial charge on any atom is 0.327 e. The van der Waals surface area contributed by atoms with E-state index in [1.807, 2.05) is 13.8 Å². The summed E-state index contributed by atoms with van der Waals surface area (Å²) in [6.45, 7) is 4.86. The Morgan fingerprint density at radius 3 is 2.31 bits per heavy atom. The molecule has 13 heavy (non-hydrogen) atoms. The summed E-state index contributed by atoms with van der Waals surface area (Å²) in [5.41, 5.74) is 0. The highest BCUT2D eigenvalue weighted by atomic mass is 16.7. The van der Waals surface area contributed by atoms with Crippen LogP contribution in [0, 0.1) is 0 Å². The van der Waals surface area contributed by atoms with Gasteiger partial charge in [0.05, 0.1) is 0 Å². The molecule has 0 heterocycles. The van der Waals surface area contributed by atoms with Crippen LogP contribution in [-0.2, 0) is 14.3 Å². The molecule has 76 valence electrons. The number of rotatable bonds is 7. The fourth-order valence-corrected chi connectivity index (χ4v) is 0.836. The molecule has 0 spiro atoms. The largest absolute Gasteiger partial charge is 0.478 e. The summed E-state index contributed by atoms with van der Waals surface area (Å²) in [7, 11) is 0. The number of hydrogen-bond acceptors (Lipinski definition) is 3. The van der Waals surface area contributed by atoms with Crippen LogP contribution in [0.1, 0.15) is 20.3 Å². The van der Waals surface area contributed by atoms with E-state index >= 15 is 0 Å². The molecule has 0 unspecified atom stereocenters. The van der Waals surface area contributed by atoms with Crippen molar-refractivity contribution in [3.05, 3.63) is 12.2 Å². The summed E-state index contributed by atoms with van der Waals surface area (Å²) in [5, 5.41) is 8.32. The van der Waals surface area contributed by atoms with E-state index in [1.54, 1.807) is 0 Å². The average Bonchev–Trinajstić information content (AvgIpc) is 2.04. The van der Waals surface area contributed by atoms with Crippen molar-refractivity contribution in [3.8, 4) is 0 Å². The van der Waals surface area contributed by atoms with Gasteiger partial charge in [0.1, 0.15) is 0 Å². The van der Waals surface area contributed by atoms with Crippen molar-refractivity contribution >= 4 is 5.97 Å². The molecule has 0 radical (unpaired) electrons. The van der Waals surface area contributed by atoms with Crippen molar-refractivity contribution in [2.24, 2.45) is 0 Å². The van der Waals surface area contributed by atoms with E-state index in [9.17, 15) is 4.79 Å². The maximum absolute atomic E-state index is 10.1. The predicted molar refractivity (Wildman–Crippen MR) is 48.4 cm³/mol. The quantitative estimate of drug-likeness (QED) is 0.485. The van der Waals surface area contributed by atoms with Crippen LogP contribution >= 0.6 is 0 Å². The van der Waals surface area contributed by atoms with Crippen LogP contribution in [0.2, 0.25) is 0 Å². The van der Waals surface area contributed by atoms with Gasteiger partial charge in [-0.3, -0.25) is 0 Å². The Morgan fingerprint density at radius 1 is 1.38 bits per heavy atom. The Bertz CT molecular complexity index is 159. The number of aliphatic carboxylic acids is 1. The molecule has 0 saturated heterocycles. The second-order valence-corrected chi connectivity index (χ2v) is 2.32. The zero-order chi connectivity index (χ0) is 10.1. The van der Waals surface area contributed by atoms with Crippen LogP contribution in [0.25, 0.3) is 0 Å². The standard InChI is InChI=1S/C9H16O4/c1-3-12-9(13-4-2)7-5-6-8(10)11/h5-6,9H,3-4,7H2,1-2H3,(H,10,11). The molecule has 0 aromatic rings. The predicted octanol–water partition coefficient (Wildman–Crippen LogP) is 1.42. The minimum Gasteiger partial charge on any atom is -0.478 e. The van der Waals surface area contributed by atoms with Crippen molar-refractivity contribution in [2.75, 3.05) is 13.2 Å². The summed E-state index contributed by atoms with van der Waals surface area (Å²) in [6.07, 6.45) is 2.75. The summed E-state index contributed by atoms with van der Waals surface area (Å²) in [4.78, 5) is 10.1. The first-order valence-electron chi connectivity index (χ1n) is 4.33. The van der Waals surface area contributed by atoms with Gasteiger partial charge < -0.3 is 14.6 Å². The highest BCUT2D eigenvalue weighted by Crippen LogP contribution is 2.01. The number of ether oxygens (including phenoxy) is 2. The zero-order valence-electron chi connectivity index (χ0n) is 8.03. The lowest BCUT2D eigenvalue weighted by Crippen LogP contribution is -2.16. The van der Waals surface area contributed by atoms with Crippen molar-refractivity contribution in [3.63, 3.8) is 0 Å². The van der Waals surface area contributed by atoms with Gasteiger partial charge in [0.15, 0.2) is 6.29 Å². The Balaban J connectivity index is 3.73. The summed E-state index contributed by atoms with van der Waals surface area (Å²) in [5.74, 6) is -0.952. The third kappa shape index (κ3) is 7.49. The number of carboxylic acid groups (broad SMARTS) is 1. The van der Waals surface area contributed by atoms with E-state index in [1.165, 1.54) is 6.08 Å². The van der Waals surface area contributed by atoms with Crippen molar-refractivity contribution in [1.29, 1.82) is 0 Å². The van der Waals surface area contributed by atoms with E-state index in [0.29, 0.717) is 19.6 Å². The van der Waals surface area contributed by atoms with Crippen LogP contribution in [0.5, 0.6) is 0 Å². The fraction of sp³-hybridized carbons (Fsp3) is 0.667. The molecule has 0 aromatic carbocycles. The summed E-state index contributed by atoms with van der Waals surface area (Å²) >= 11 is 0. The third-order valence-corrected chi connectivity index (χ3v) is 1.29. The van der Waals surface area contributed by atoms with Crippen molar-refractivity contribution < 1.29 is 19.4 Å². The molecule has 0 fully saturated rings. The van der Waals surface area contributed by atoms with Gasteiger partial charge in [0.25, 0.3) is 0 Å². The molecule has 4 heteroatoms. The van der Waals surface area contributed by atoms with Gasteiger partial charge in [0, 0.05) is 25.7 Å². The molecule has 1 N–H and O–H groups in total. The third-order valence-electron chi connectivity index (χ3n) is 1.29. The first kappa shape index (κ1) is 12.1. The molecular formula is C9H16O4. The Kier molecular flexibility index (Phi) is 7.24. The highest BCUT2D eigenvalue weighted by molar-refractivity contribution is 5.79. The molecule has 0 bridgehead atoms. The van der Waals surface area contributed by atoms with Crippen LogP contribution in [0.3, 0.4) is 0 Å². The minimum atomic E-state index is -0.952. The van der Waals surface area contributed by atoms with Crippen LogP contribution < -0.4 is 0 Å². The summed E-state index contributed by atoms with van der Waals surface area (Å²) < 4.78 is 10.4. The highest BCUT2D eigenvalue weighted by Gasteiger charge is 2.04. The molecule has 4 nitrogen and oxygen atoms in total. The van der Waals surface area contributed by atoms with Gasteiger partial charge >= 0.3 is 5.97 Å². The lowest BCUT2D eigenvalue weighted by atomic mass is 10.3. The van der Waals surface area contributed by atoms with Crippen LogP contribution in [0.4, 0.5) is 0 Å². The molecule has 0 rings (SSSR count). The average molecular weight is 188 g/mol. The van der Waals surface area contributed by atoms with E-state index in [0.717, 1.165) is 6.08 Å². The number of carbonyl (C=O) groups is 1. The molecule has 0 aliphatic rings. The monoisotopic (exact) mass is 188 g/mol. The van der Waals surface area contributed by atoms with E-state index in [-0.39, 0.29) is 6.29 Å². The fourth-order valence-electron chi connectivity index (χ4n) is 0.836. The van der Waals surface area contributed by atoms with Gasteiger partial charge in [-0.15, -0.1) is 0 Å². The van der Waals surface area contributed by atoms with E-state index in [2.05, 4.69) is 0 Å². The first-order valence-corrected chi connectivity index (χ1v) is 4.33. The van der Waals surface area contributed by atoms with Crippen molar-refractivity contribution in [2.45, 2.75) is 26.6 Å². The second kappa shape index (κ2) is 7.76. The number of carboxylic acids is 1.